The maximum Gasteiger partial charge on any atom is 0.416 e. The van der Waals surface area contributed by atoms with Gasteiger partial charge < -0.3 is 15.0 Å². The molecule has 1 aliphatic rings. The van der Waals surface area contributed by atoms with Crippen molar-refractivity contribution in [1.29, 1.82) is 0 Å². The standard InChI is InChI=1S/C21H18ClF3N2O4/c1-12-16(22)6-3-7-17(12)27-10-13(8-19(27)29)20(30)31-11-18(28)26-15-5-2-4-14(9-15)21(23,24)25/h2-7,9,13H,8,10-11H2,1H3,(H,26,28)/t13-/m1/s1. The Hall–Kier alpha value is -3.07. The van der Waals surface area contributed by atoms with Crippen molar-refractivity contribution in [2.75, 3.05) is 23.4 Å². The van der Waals surface area contributed by atoms with E-state index in [1.807, 2.05) is 0 Å². The minimum Gasteiger partial charge on any atom is -0.455 e. The van der Waals surface area contributed by atoms with Gasteiger partial charge in [0.15, 0.2) is 6.61 Å². The number of esters is 1. The zero-order chi connectivity index (χ0) is 22.8. The first kappa shape index (κ1) is 22.6. The first-order valence-electron chi connectivity index (χ1n) is 9.25. The van der Waals surface area contributed by atoms with E-state index in [9.17, 15) is 27.6 Å². The molecule has 1 atom stereocenters. The number of amides is 2. The molecule has 6 nitrogen and oxygen atoms in total. The largest absolute Gasteiger partial charge is 0.455 e. The number of anilines is 2. The lowest BCUT2D eigenvalue weighted by Crippen LogP contribution is -2.28. The van der Waals surface area contributed by atoms with Gasteiger partial charge in [-0.25, -0.2) is 0 Å². The summed E-state index contributed by atoms with van der Waals surface area (Å²) in [5.74, 6) is -2.58. The number of rotatable bonds is 5. The Morgan fingerprint density at radius 3 is 2.65 bits per heavy atom. The van der Waals surface area contributed by atoms with Crippen LogP contribution < -0.4 is 10.2 Å². The highest BCUT2D eigenvalue weighted by Crippen LogP contribution is 2.32. The quantitative estimate of drug-likeness (QED) is 0.687. The molecular weight excluding hydrogens is 437 g/mol. The Balaban J connectivity index is 1.56. The number of carbonyl (C=O) groups excluding carboxylic acids is 3. The number of halogens is 4. The third-order valence-corrected chi connectivity index (χ3v) is 5.22. The van der Waals surface area contributed by atoms with E-state index in [0.29, 0.717) is 16.3 Å². The van der Waals surface area contributed by atoms with Gasteiger partial charge >= 0.3 is 12.1 Å². The Morgan fingerprint density at radius 2 is 1.94 bits per heavy atom. The number of carbonyl (C=O) groups is 3. The van der Waals surface area contributed by atoms with Gasteiger partial charge in [-0.3, -0.25) is 14.4 Å². The fourth-order valence-corrected chi connectivity index (χ4v) is 3.38. The molecule has 1 saturated heterocycles. The molecule has 2 amide bonds. The molecule has 1 heterocycles. The predicted octanol–water partition coefficient (Wildman–Crippen LogP) is 4.20. The van der Waals surface area contributed by atoms with Crippen LogP contribution in [-0.4, -0.2) is 30.9 Å². The number of nitrogens with zero attached hydrogens (tertiary/aromatic N) is 1. The summed E-state index contributed by atoms with van der Waals surface area (Å²) in [5.41, 5.74) is 0.305. The third kappa shape index (κ3) is 5.35. The Morgan fingerprint density at radius 1 is 1.23 bits per heavy atom. The third-order valence-electron chi connectivity index (χ3n) is 4.81. The van der Waals surface area contributed by atoms with Gasteiger partial charge in [0.2, 0.25) is 5.91 Å². The fourth-order valence-electron chi connectivity index (χ4n) is 3.21. The smallest absolute Gasteiger partial charge is 0.416 e. The maximum atomic E-state index is 12.7. The van der Waals surface area contributed by atoms with Crippen molar-refractivity contribution >= 4 is 40.8 Å². The maximum absolute atomic E-state index is 12.7. The van der Waals surface area contributed by atoms with Crippen molar-refractivity contribution in [3.8, 4) is 0 Å². The van der Waals surface area contributed by atoms with Crippen LogP contribution in [0.15, 0.2) is 42.5 Å². The number of benzene rings is 2. The normalized spacial score (nSPS) is 16.4. The topological polar surface area (TPSA) is 75.7 Å². The van der Waals surface area contributed by atoms with Crippen LogP contribution in [0.1, 0.15) is 17.5 Å². The zero-order valence-electron chi connectivity index (χ0n) is 16.3. The van der Waals surface area contributed by atoms with Crippen LogP contribution in [0.25, 0.3) is 0 Å². The molecule has 0 radical (unpaired) electrons. The second-order valence-corrected chi connectivity index (χ2v) is 7.43. The fraction of sp³-hybridized carbons (Fsp3) is 0.286. The molecule has 2 aromatic carbocycles. The molecule has 1 fully saturated rings. The van der Waals surface area contributed by atoms with E-state index in [1.165, 1.54) is 11.0 Å². The van der Waals surface area contributed by atoms with Crippen molar-refractivity contribution in [2.24, 2.45) is 5.92 Å². The molecule has 0 saturated carbocycles. The molecular formula is C21H18ClF3N2O4. The van der Waals surface area contributed by atoms with Gasteiger partial charge in [0, 0.05) is 29.4 Å². The highest BCUT2D eigenvalue weighted by atomic mass is 35.5. The van der Waals surface area contributed by atoms with Gasteiger partial charge in [-0.05, 0) is 42.8 Å². The first-order valence-corrected chi connectivity index (χ1v) is 9.63. The predicted molar refractivity (Wildman–Crippen MR) is 108 cm³/mol. The Bertz CT molecular complexity index is 1030. The van der Waals surface area contributed by atoms with Crippen molar-refractivity contribution in [3.63, 3.8) is 0 Å². The number of alkyl halides is 3. The van der Waals surface area contributed by atoms with E-state index in [-0.39, 0.29) is 24.6 Å². The summed E-state index contributed by atoms with van der Waals surface area (Å²) < 4.78 is 43.2. The van der Waals surface area contributed by atoms with Crippen LogP contribution in [0.5, 0.6) is 0 Å². The summed E-state index contributed by atoms with van der Waals surface area (Å²) in [5, 5.41) is 2.74. The Labute approximate surface area is 180 Å². The number of hydrogen-bond acceptors (Lipinski definition) is 4. The minimum absolute atomic E-state index is 0.0745. The van der Waals surface area contributed by atoms with Gasteiger partial charge in [0.1, 0.15) is 0 Å². The van der Waals surface area contributed by atoms with Crippen LogP contribution >= 0.6 is 11.6 Å². The van der Waals surface area contributed by atoms with E-state index in [1.54, 1.807) is 25.1 Å². The molecule has 1 aliphatic heterocycles. The van der Waals surface area contributed by atoms with Gasteiger partial charge in [0.05, 0.1) is 11.5 Å². The molecule has 164 valence electrons. The number of nitrogens with one attached hydrogen (secondary N) is 1. The average molecular weight is 455 g/mol. The molecule has 3 rings (SSSR count). The van der Waals surface area contributed by atoms with Crippen LogP contribution in [0, 0.1) is 12.8 Å². The van der Waals surface area contributed by atoms with Gasteiger partial charge in [0.25, 0.3) is 5.91 Å². The molecule has 0 spiro atoms. The lowest BCUT2D eigenvalue weighted by Gasteiger charge is -2.19. The summed E-state index contributed by atoms with van der Waals surface area (Å²) in [6.45, 7) is 1.15. The highest BCUT2D eigenvalue weighted by molar-refractivity contribution is 6.31. The molecule has 2 aromatic rings. The monoisotopic (exact) mass is 454 g/mol. The van der Waals surface area contributed by atoms with Gasteiger partial charge in [-0.15, -0.1) is 0 Å². The Kier molecular flexibility index (Phi) is 6.54. The summed E-state index contributed by atoms with van der Waals surface area (Å²) in [6, 6.07) is 9.20. The second-order valence-electron chi connectivity index (χ2n) is 7.02. The molecule has 0 unspecified atom stereocenters. The van der Waals surface area contributed by atoms with Crippen LogP contribution in [0.4, 0.5) is 24.5 Å². The molecule has 1 N–H and O–H groups in total. The molecule has 0 aliphatic carbocycles. The van der Waals surface area contributed by atoms with E-state index in [4.69, 9.17) is 16.3 Å². The van der Waals surface area contributed by atoms with Crippen molar-refractivity contribution in [2.45, 2.75) is 19.5 Å². The SMILES string of the molecule is Cc1c(Cl)cccc1N1C[C@H](C(=O)OCC(=O)Nc2cccc(C(F)(F)F)c2)CC1=O. The van der Waals surface area contributed by atoms with Crippen molar-refractivity contribution in [1.82, 2.24) is 0 Å². The summed E-state index contributed by atoms with van der Waals surface area (Å²) in [6.07, 6.45) is -4.63. The van der Waals surface area contributed by atoms with Crippen molar-refractivity contribution in [3.05, 3.63) is 58.6 Å². The van der Waals surface area contributed by atoms with Gasteiger partial charge in [-0.1, -0.05) is 23.7 Å². The summed E-state index contributed by atoms with van der Waals surface area (Å²) >= 11 is 6.09. The van der Waals surface area contributed by atoms with Crippen LogP contribution in [0.2, 0.25) is 5.02 Å². The zero-order valence-corrected chi connectivity index (χ0v) is 17.1. The van der Waals surface area contributed by atoms with E-state index < -0.39 is 36.1 Å². The second kappa shape index (κ2) is 8.97. The van der Waals surface area contributed by atoms with E-state index >= 15 is 0 Å². The highest BCUT2D eigenvalue weighted by Gasteiger charge is 2.37. The van der Waals surface area contributed by atoms with Gasteiger partial charge in [-0.2, -0.15) is 13.2 Å². The molecule has 0 aromatic heterocycles. The molecule has 0 bridgehead atoms. The van der Waals surface area contributed by atoms with Crippen LogP contribution in [0.3, 0.4) is 0 Å². The first-order chi connectivity index (χ1) is 14.6. The van der Waals surface area contributed by atoms with E-state index in [2.05, 4.69) is 5.32 Å². The number of hydrogen-bond donors (Lipinski definition) is 1. The lowest BCUT2D eigenvalue weighted by molar-refractivity contribution is -0.151. The lowest BCUT2D eigenvalue weighted by atomic mass is 10.1. The average Bonchev–Trinajstić information content (AvgIpc) is 3.09. The van der Waals surface area contributed by atoms with Crippen molar-refractivity contribution < 1.29 is 32.3 Å². The van der Waals surface area contributed by atoms with E-state index in [0.717, 1.165) is 18.2 Å². The summed E-state index contributed by atoms with van der Waals surface area (Å²) in [7, 11) is 0. The molecule has 10 heteroatoms. The minimum atomic E-state index is -4.55. The summed E-state index contributed by atoms with van der Waals surface area (Å²) in [4.78, 5) is 38.1. The number of ether oxygens (including phenoxy) is 1. The van der Waals surface area contributed by atoms with Crippen LogP contribution in [-0.2, 0) is 25.3 Å². The molecule has 31 heavy (non-hydrogen) atoms.